The summed E-state index contributed by atoms with van der Waals surface area (Å²) < 4.78 is 0. The average Bonchev–Trinajstić information content (AvgIpc) is 2.65. The third-order valence-electron chi connectivity index (χ3n) is 3.76. The Morgan fingerprint density at radius 1 is 1.21 bits per heavy atom. The van der Waals surface area contributed by atoms with Crippen molar-refractivity contribution >= 4 is 0 Å². The van der Waals surface area contributed by atoms with Gasteiger partial charge in [-0.15, -0.1) is 0 Å². The monoisotopic (exact) mass is 198 g/mol. The van der Waals surface area contributed by atoms with Crippen molar-refractivity contribution in [1.82, 2.24) is 10.2 Å². The quantitative estimate of drug-likeness (QED) is 0.681. The summed E-state index contributed by atoms with van der Waals surface area (Å²) in [6.45, 7) is 1.98. The van der Waals surface area contributed by atoms with Crippen LogP contribution in [0.15, 0.2) is 0 Å². The van der Waals surface area contributed by atoms with Crippen LogP contribution in [0.3, 0.4) is 0 Å². The maximum atomic E-state index is 9.53. The van der Waals surface area contributed by atoms with Crippen molar-refractivity contribution in [3.8, 4) is 0 Å². The number of nitrogens with zero attached hydrogens (tertiary/aromatic N) is 1. The molecule has 3 atom stereocenters. The zero-order valence-electron chi connectivity index (χ0n) is 9.08. The molecule has 1 aliphatic heterocycles. The molecule has 82 valence electrons. The van der Waals surface area contributed by atoms with E-state index in [-0.39, 0.29) is 6.10 Å². The van der Waals surface area contributed by atoms with Gasteiger partial charge in [0.2, 0.25) is 0 Å². The molecular formula is C11H22N2O. The number of rotatable bonds is 2. The van der Waals surface area contributed by atoms with E-state index in [2.05, 4.69) is 17.3 Å². The summed E-state index contributed by atoms with van der Waals surface area (Å²) in [7, 11) is 2.06. The minimum Gasteiger partial charge on any atom is -0.392 e. The standard InChI is InChI=1S/C11H22N2O/c1-12-10-4-2-3-5-11(10)13-7-6-9(14)8-13/h9-12,14H,2-8H2,1H3/t9?,10-,11+/m1/s1. The molecule has 2 fully saturated rings. The number of aliphatic hydroxyl groups is 1. The van der Waals surface area contributed by atoms with Crippen molar-refractivity contribution in [3.05, 3.63) is 0 Å². The van der Waals surface area contributed by atoms with Gasteiger partial charge < -0.3 is 10.4 Å². The van der Waals surface area contributed by atoms with Crippen molar-refractivity contribution in [3.63, 3.8) is 0 Å². The highest BCUT2D eigenvalue weighted by Gasteiger charge is 2.32. The summed E-state index contributed by atoms with van der Waals surface area (Å²) in [6, 6.07) is 1.32. The molecule has 2 aliphatic rings. The minimum absolute atomic E-state index is 0.0746. The van der Waals surface area contributed by atoms with Gasteiger partial charge in [-0.25, -0.2) is 0 Å². The second kappa shape index (κ2) is 4.60. The molecule has 0 aromatic carbocycles. The van der Waals surface area contributed by atoms with E-state index in [0.29, 0.717) is 12.1 Å². The molecule has 1 unspecified atom stereocenters. The van der Waals surface area contributed by atoms with E-state index in [1.807, 2.05) is 0 Å². The molecule has 2 rings (SSSR count). The molecule has 14 heavy (non-hydrogen) atoms. The lowest BCUT2D eigenvalue weighted by atomic mass is 9.89. The first-order valence-electron chi connectivity index (χ1n) is 5.90. The zero-order valence-corrected chi connectivity index (χ0v) is 9.08. The predicted octanol–water partition coefficient (Wildman–Crippen LogP) is 0.584. The van der Waals surface area contributed by atoms with Crippen LogP contribution in [-0.2, 0) is 0 Å². The number of likely N-dealkylation sites (tertiary alicyclic amines) is 1. The minimum atomic E-state index is -0.0746. The average molecular weight is 198 g/mol. The Kier molecular flexibility index (Phi) is 3.42. The Labute approximate surface area is 86.5 Å². The SMILES string of the molecule is CN[C@@H]1CCCC[C@@H]1N1CCC(O)C1. The molecule has 0 radical (unpaired) electrons. The summed E-state index contributed by atoms with van der Waals surface area (Å²) in [5.41, 5.74) is 0. The van der Waals surface area contributed by atoms with Crippen molar-refractivity contribution < 1.29 is 5.11 Å². The van der Waals surface area contributed by atoms with Crippen LogP contribution in [0, 0.1) is 0 Å². The lowest BCUT2D eigenvalue weighted by Gasteiger charge is -2.37. The molecule has 0 aromatic heterocycles. The van der Waals surface area contributed by atoms with Gasteiger partial charge in [0.15, 0.2) is 0 Å². The summed E-state index contributed by atoms with van der Waals surface area (Å²) in [6.07, 6.45) is 6.21. The molecule has 1 saturated carbocycles. The van der Waals surface area contributed by atoms with E-state index in [4.69, 9.17) is 0 Å². The van der Waals surface area contributed by atoms with Gasteiger partial charge in [0.25, 0.3) is 0 Å². The lowest BCUT2D eigenvalue weighted by molar-refractivity contribution is 0.122. The first-order valence-corrected chi connectivity index (χ1v) is 5.90. The van der Waals surface area contributed by atoms with Crippen LogP contribution in [-0.4, -0.2) is 48.3 Å². The number of β-amino-alcohol motifs (C(OH)–C–C–N with tert-alkyl or cyclic N) is 1. The van der Waals surface area contributed by atoms with E-state index in [9.17, 15) is 5.11 Å². The van der Waals surface area contributed by atoms with Gasteiger partial charge >= 0.3 is 0 Å². The van der Waals surface area contributed by atoms with E-state index >= 15 is 0 Å². The fourth-order valence-electron chi connectivity index (χ4n) is 2.95. The van der Waals surface area contributed by atoms with Crippen LogP contribution >= 0.6 is 0 Å². The molecule has 0 spiro atoms. The smallest absolute Gasteiger partial charge is 0.0679 e. The second-order valence-corrected chi connectivity index (χ2v) is 4.68. The van der Waals surface area contributed by atoms with E-state index in [1.54, 1.807) is 0 Å². The largest absolute Gasteiger partial charge is 0.392 e. The van der Waals surface area contributed by atoms with Crippen LogP contribution < -0.4 is 5.32 Å². The highest BCUT2D eigenvalue weighted by atomic mass is 16.3. The molecule has 0 bridgehead atoms. The van der Waals surface area contributed by atoms with Gasteiger partial charge in [-0.2, -0.15) is 0 Å². The Hall–Kier alpha value is -0.120. The first kappa shape index (κ1) is 10.4. The van der Waals surface area contributed by atoms with Crippen LogP contribution in [0.25, 0.3) is 0 Å². The first-order chi connectivity index (χ1) is 6.81. The second-order valence-electron chi connectivity index (χ2n) is 4.68. The maximum absolute atomic E-state index is 9.53. The third-order valence-corrected chi connectivity index (χ3v) is 3.76. The number of aliphatic hydroxyl groups excluding tert-OH is 1. The topological polar surface area (TPSA) is 35.5 Å². The maximum Gasteiger partial charge on any atom is 0.0679 e. The van der Waals surface area contributed by atoms with Gasteiger partial charge in [-0.1, -0.05) is 12.8 Å². The van der Waals surface area contributed by atoms with Crippen LogP contribution in [0.2, 0.25) is 0 Å². The lowest BCUT2D eigenvalue weighted by Crippen LogP contribution is -2.50. The molecule has 1 saturated heterocycles. The van der Waals surface area contributed by atoms with Gasteiger partial charge in [0, 0.05) is 25.2 Å². The number of nitrogens with one attached hydrogen (secondary N) is 1. The molecule has 3 nitrogen and oxygen atoms in total. The van der Waals surface area contributed by atoms with Crippen molar-refractivity contribution in [2.45, 2.75) is 50.3 Å². The zero-order chi connectivity index (χ0) is 9.97. The summed E-state index contributed by atoms with van der Waals surface area (Å²) in [4.78, 5) is 2.48. The molecular weight excluding hydrogens is 176 g/mol. The molecule has 0 aromatic rings. The Morgan fingerprint density at radius 2 is 2.00 bits per heavy atom. The fourth-order valence-corrected chi connectivity index (χ4v) is 2.95. The molecule has 1 heterocycles. The van der Waals surface area contributed by atoms with Gasteiger partial charge in [-0.3, -0.25) is 4.90 Å². The van der Waals surface area contributed by atoms with Gasteiger partial charge in [0.05, 0.1) is 6.10 Å². The van der Waals surface area contributed by atoms with Gasteiger partial charge in [0.1, 0.15) is 0 Å². The normalized spacial score (nSPS) is 40.3. The molecule has 0 amide bonds. The molecule has 1 aliphatic carbocycles. The highest BCUT2D eigenvalue weighted by Crippen LogP contribution is 2.25. The Morgan fingerprint density at radius 3 is 2.64 bits per heavy atom. The number of hydrogen-bond acceptors (Lipinski definition) is 3. The van der Waals surface area contributed by atoms with Crippen LogP contribution in [0.4, 0.5) is 0 Å². The highest BCUT2D eigenvalue weighted by molar-refractivity contribution is 4.90. The summed E-state index contributed by atoms with van der Waals surface area (Å²) in [5, 5.41) is 12.9. The van der Waals surface area contributed by atoms with E-state index < -0.39 is 0 Å². The molecule has 3 heteroatoms. The van der Waals surface area contributed by atoms with E-state index in [1.165, 1.54) is 25.7 Å². The van der Waals surface area contributed by atoms with Crippen molar-refractivity contribution in [2.24, 2.45) is 0 Å². The predicted molar refractivity (Wildman–Crippen MR) is 57.3 cm³/mol. The van der Waals surface area contributed by atoms with Crippen molar-refractivity contribution in [1.29, 1.82) is 0 Å². The third kappa shape index (κ3) is 2.10. The van der Waals surface area contributed by atoms with Crippen molar-refractivity contribution in [2.75, 3.05) is 20.1 Å². The van der Waals surface area contributed by atoms with Crippen LogP contribution in [0.5, 0.6) is 0 Å². The Balaban J connectivity index is 1.93. The fraction of sp³-hybridized carbons (Fsp3) is 1.00. The Bertz CT molecular complexity index is 186. The summed E-state index contributed by atoms with van der Waals surface area (Å²) in [5.74, 6) is 0. The number of likely N-dealkylation sites (N-methyl/N-ethyl adjacent to an activating group) is 1. The summed E-state index contributed by atoms with van der Waals surface area (Å²) >= 11 is 0. The van der Waals surface area contributed by atoms with E-state index in [0.717, 1.165) is 19.5 Å². The van der Waals surface area contributed by atoms with Crippen LogP contribution in [0.1, 0.15) is 32.1 Å². The molecule has 2 N–H and O–H groups in total. The number of hydrogen-bond donors (Lipinski definition) is 2. The van der Waals surface area contributed by atoms with Gasteiger partial charge in [-0.05, 0) is 26.3 Å².